The number of hydrogen-bond donors (Lipinski definition) is 1. The summed E-state index contributed by atoms with van der Waals surface area (Å²) < 4.78 is 6.24. The Hall–Kier alpha value is -2.84. The molecule has 4 heterocycles. The Morgan fingerprint density at radius 1 is 1.16 bits per heavy atom. The second-order valence-corrected chi connectivity index (χ2v) is 6.59. The van der Waals surface area contributed by atoms with Crippen LogP contribution in [0.15, 0.2) is 27.9 Å². The van der Waals surface area contributed by atoms with Crippen molar-refractivity contribution >= 4 is 11.8 Å². The number of fused-ring (bicyclic) bond motifs is 1. The Balaban J connectivity index is 1.49. The number of hydrogen-bond acceptors (Lipinski definition) is 7. The van der Waals surface area contributed by atoms with Crippen molar-refractivity contribution in [3.8, 4) is 5.88 Å². The minimum Gasteiger partial charge on any atom is -0.481 e. The second kappa shape index (κ2) is 5.91. The lowest BCUT2D eigenvalue weighted by Gasteiger charge is -2.22. The Kier molecular flexibility index (Phi) is 3.70. The van der Waals surface area contributed by atoms with Gasteiger partial charge in [0.05, 0.1) is 7.11 Å². The van der Waals surface area contributed by atoms with E-state index in [0.717, 1.165) is 30.7 Å². The van der Waals surface area contributed by atoms with Crippen molar-refractivity contribution in [1.82, 2.24) is 19.5 Å². The van der Waals surface area contributed by atoms with Gasteiger partial charge in [-0.25, -0.2) is 9.78 Å². The molecular weight excluding hydrogens is 324 g/mol. The first-order valence-corrected chi connectivity index (χ1v) is 8.22. The average molecular weight is 344 g/mol. The molecule has 0 amide bonds. The van der Waals surface area contributed by atoms with Gasteiger partial charge in [0.2, 0.25) is 11.8 Å². The molecule has 2 aromatic heterocycles. The van der Waals surface area contributed by atoms with E-state index in [1.807, 2.05) is 0 Å². The van der Waals surface area contributed by atoms with E-state index in [0.29, 0.717) is 29.5 Å². The number of methoxy groups -OCH3 is 1. The molecule has 0 radical (unpaired) electrons. The van der Waals surface area contributed by atoms with Crippen molar-refractivity contribution < 1.29 is 4.74 Å². The van der Waals surface area contributed by atoms with Crippen molar-refractivity contribution in [1.29, 1.82) is 0 Å². The van der Waals surface area contributed by atoms with E-state index >= 15 is 0 Å². The largest absolute Gasteiger partial charge is 0.481 e. The third-order valence-electron chi connectivity index (χ3n) is 5.07. The zero-order valence-corrected chi connectivity index (χ0v) is 14.2. The summed E-state index contributed by atoms with van der Waals surface area (Å²) in [5, 5.41) is 0. The summed E-state index contributed by atoms with van der Waals surface area (Å²) in [7, 11) is 3.06. The van der Waals surface area contributed by atoms with Crippen molar-refractivity contribution in [2.45, 2.75) is 0 Å². The lowest BCUT2D eigenvalue weighted by molar-refractivity contribution is 0.397. The van der Waals surface area contributed by atoms with Crippen LogP contribution in [0.1, 0.15) is 0 Å². The second-order valence-electron chi connectivity index (χ2n) is 6.59. The number of aromatic nitrogens is 4. The molecule has 0 aliphatic carbocycles. The van der Waals surface area contributed by atoms with Crippen LogP contribution in [0.3, 0.4) is 0 Å². The normalized spacial score (nSPS) is 22.3. The van der Waals surface area contributed by atoms with Crippen LogP contribution < -0.4 is 25.8 Å². The molecule has 25 heavy (non-hydrogen) atoms. The highest BCUT2D eigenvalue weighted by Crippen LogP contribution is 2.34. The predicted molar refractivity (Wildman–Crippen MR) is 92.3 cm³/mol. The van der Waals surface area contributed by atoms with E-state index in [9.17, 15) is 9.59 Å². The molecule has 0 aromatic carbocycles. The third kappa shape index (κ3) is 2.75. The van der Waals surface area contributed by atoms with Crippen LogP contribution in [-0.2, 0) is 7.05 Å². The molecule has 2 fully saturated rings. The van der Waals surface area contributed by atoms with Crippen LogP contribution in [0.2, 0.25) is 0 Å². The first-order chi connectivity index (χ1) is 12.0. The summed E-state index contributed by atoms with van der Waals surface area (Å²) in [6, 6.07) is 3.22. The molecule has 0 spiro atoms. The van der Waals surface area contributed by atoms with E-state index in [-0.39, 0.29) is 11.2 Å². The lowest BCUT2D eigenvalue weighted by atomic mass is 10.0. The maximum atomic E-state index is 11.8. The van der Waals surface area contributed by atoms with Crippen LogP contribution in [0, 0.1) is 11.8 Å². The molecule has 2 saturated heterocycles. The average Bonchev–Trinajstić information content (AvgIpc) is 3.18. The molecule has 2 unspecified atom stereocenters. The Morgan fingerprint density at radius 3 is 2.48 bits per heavy atom. The topological polar surface area (TPSA) is 96.4 Å². The third-order valence-corrected chi connectivity index (χ3v) is 5.07. The molecule has 2 atom stereocenters. The molecule has 4 rings (SSSR count). The SMILES string of the molecule is COc1ccnc(N2CC3CN(c4cc(=O)n(C)c(=O)[nH]4)CC3C2)n1. The van der Waals surface area contributed by atoms with Gasteiger partial charge in [0.25, 0.3) is 5.56 Å². The van der Waals surface area contributed by atoms with Crippen LogP contribution in [0.4, 0.5) is 11.8 Å². The van der Waals surface area contributed by atoms with Crippen LogP contribution in [0.25, 0.3) is 0 Å². The van der Waals surface area contributed by atoms with Crippen LogP contribution in [0.5, 0.6) is 5.88 Å². The van der Waals surface area contributed by atoms with Gasteiger partial charge in [-0.3, -0.25) is 14.3 Å². The van der Waals surface area contributed by atoms with Crippen LogP contribution >= 0.6 is 0 Å². The molecule has 2 aliphatic rings. The fourth-order valence-corrected chi connectivity index (χ4v) is 3.67. The Bertz CT molecular complexity index is 862. The first-order valence-electron chi connectivity index (χ1n) is 8.22. The van der Waals surface area contributed by atoms with E-state index in [2.05, 4.69) is 24.8 Å². The lowest BCUT2D eigenvalue weighted by Crippen LogP contribution is -2.36. The van der Waals surface area contributed by atoms with Gasteiger partial charge in [0.1, 0.15) is 5.82 Å². The highest BCUT2D eigenvalue weighted by atomic mass is 16.5. The summed E-state index contributed by atoms with van der Waals surface area (Å²) in [6.07, 6.45) is 1.70. The summed E-state index contributed by atoms with van der Waals surface area (Å²) in [5.41, 5.74) is -0.673. The number of H-pyrrole nitrogens is 1. The van der Waals surface area contributed by atoms with Gasteiger partial charge >= 0.3 is 5.69 Å². The van der Waals surface area contributed by atoms with E-state index < -0.39 is 0 Å². The number of aromatic amines is 1. The van der Waals surface area contributed by atoms with Gasteiger partial charge in [-0.2, -0.15) is 4.98 Å². The van der Waals surface area contributed by atoms with Gasteiger partial charge in [-0.1, -0.05) is 0 Å². The number of nitrogens with one attached hydrogen (secondary N) is 1. The van der Waals surface area contributed by atoms with Crippen molar-refractivity contribution in [3.63, 3.8) is 0 Å². The minimum absolute atomic E-state index is 0.290. The monoisotopic (exact) mass is 344 g/mol. The minimum atomic E-state index is -0.383. The van der Waals surface area contributed by atoms with Gasteiger partial charge in [-0.05, 0) is 0 Å². The van der Waals surface area contributed by atoms with Crippen molar-refractivity contribution in [3.05, 3.63) is 39.2 Å². The van der Waals surface area contributed by atoms with Gasteiger partial charge in [0.15, 0.2) is 0 Å². The molecule has 2 aliphatic heterocycles. The molecule has 0 saturated carbocycles. The standard InChI is InChI=1S/C16H20N6O3/c1-20-14(23)5-12(18-16(20)24)21-6-10-8-22(9-11(10)7-21)15-17-4-3-13(19-15)25-2/h3-5,10-11H,6-9H2,1-2H3,(H,18,24). The number of ether oxygens (including phenoxy) is 1. The summed E-state index contributed by atoms with van der Waals surface area (Å²) >= 11 is 0. The number of nitrogens with zero attached hydrogens (tertiary/aromatic N) is 5. The summed E-state index contributed by atoms with van der Waals surface area (Å²) in [5.74, 6) is 2.74. The molecule has 1 N–H and O–H groups in total. The molecule has 132 valence electrons. The highest BCUT2D eigenvalue weighted by Gasteiger charge is 2.41. The number of rotatable bonds is 3. The highest BCUT2D eigenvalue weighted by molar-refractivity contribution is 5.42. The fourth-order valence-electron chi connectivity index (χ4n) is 3.67. The van der Waals surface area contributed by atoms with E-state index in [1.165, 1.54) is 13.1 Å². The van der Waals surface area contributed by atoms with Crippen LogP contribution in [-0.4, -0.2) is 52.8 Å². The van der Waals surface area contributed by atoms with Gasteiger partial charge in [-0.15, -0.1) is 0 Å². The zero-order chi connectivity index (χ0) is 17.6. The van der Waals surface area contributed by atoms with Crippen molar-refractivity contribution in [2.75, 3.05) is 43.1 Å². The van der Waals surface area contributed by atoms with E-state index in [1.54, 1.807) is 19.4 Å². The molecule has 2 aromatic rings. The predicted octanol–water partition coefficient (Wildman–Crippen LogP) is -0.555. The fraction of sp³-hybridized carbons (Fsp3) is 0.500. The van der Waals surface area contributed by atoms with Crippen molar-refractivity contribution in [2.24, 2.45) is 18.9 Å². The Labute approximate surface area is 143 Å². The zero-order valence-electron chi connectivity index (χ0n) is 14.2. The number of anilines is 2. The molecule has 0 bridgehead atoms. The smallest absolute Gasteiger partial charge is 0.329 e. The maximum absolute atomic E-state index is 11.8. The molecular formula is C16H20N6O3. The van der Waals surface area contributed by atoms with E-state index in [4.69, 9.17) is 4.74 Å². The molecule has 9 nitrogen and oxygen atoms in total. The van der Waals surface area contributed by atoms with Gasteiger partial charge in [0, 0.05) is 63.4 Å². The maximum Gasteiger partial charge on any atom is 0.329 e. The summed E-state index contributed by atoms with van der Waals surface area (Å²) in [4.78, 5) is 39.4. The molecule has 9 heteroatoms. The Morgan fingerprint density at radius 2 is 1.84 bits per heavy atom. The quantitative estimate of drug-likeness (QED) is 0.798. The van der Waals surface area contributed by atoms with Gasteiger partial charge < -0.3 is 14.5 Å². The summed E-state index contributed by atoms with van der Waals surface area (Å²) in [6.45, 7) is 3.30. The first kappa shape index (κ1) is 15.7.